The molecule has 0 aliphatic rings. The van der Waals surface area contributed by atoms with Crippen LogP contribution in [0, 0.1) is 0 Å². The second kappa shape index (κ2) is 10.3. The van der Waals surface area contributed by atoms with E-state index in [1.165, 1.54) is 19.3 Å². The molecule has 4 N–H and O–H groups in total. The highest BCUT2D eigenvalue weighted by molar-refractivity contribution is 5.99. The van der Waals surface area contributed by atoms with Crippen molar-refractivity contribution >= 4 is 24.3 Å². The summed E-state index contributed by atoms with van der Waals surface area (Å²) in [6.45, 7) is 6.06. The van der Waals surface area contributed by atoms with Crippen LogP contribution in [0.25, 0.3) is 12.2 Å². The first-order valence-corrected chi connectivity index (χ1v) is 9.64. The van der Waals surface area contributed by atoms with Gasteiger partial charge >= 0.3 is 0 Å². The molecular formula is C23H28N4O4. The van der Waals surface area contributed by atoms with Gasteiger partial charge in [-0.15, -0.1) is 0 Å². The summed E-state index contributed by atoms with van der Waals surface area (Å²) in [5.41, 5.74) is 2.28. The number of methoxy groups -OCH3 is 1. The largest absolute Gasteiger partial charge is 0.508 e. The van der Waals surface area contributed by atoms with Gasteiger partial charge in [-0.3, -0.25) is 9.59 Å². The number of aldehydes is 1. The molecule has 0 aliphatic heterocycles. The number of H-pyrrole nitrogens is 1. The number of aromatic amines is 1. The molecule has 2 rings (SSSR count). The number of likely N-dealkylation sites (N-methyl/N-ethyl adjacent to an activating group) is 1. The minimum Gasteiger partial charge on any atom is -0.508 e. The first kappa shape index (κ1) is 23.5. The summed E-state index contributed by atoms with van der Waals surface area (Å²) in [7, 11) is 3.11. The zero-order valence-electron chi connectivity index (χ0n) is 18.3. The number of nitrogens with one attached hydrogen (secondary N) is 3. The van der Waals surface area contributed by atoms with E-state index in [1.807, 2.05) is 20.8 Å². The number of amides is 1. The van der Waals surface area contributed by atoms with Crippen LogP contribution in [0.1, 0.15) is 37.7 Å². The van der Waals surface area contributed by atoms with Crippen molar-refractivity contribution in [3.05, 3.63) is 65.0 Å². The van der Waals surface area contributed by atoms with Crippen LogP contribution >= 0.6 is 0 Å². The van der Waals surface area contributed by atoms with Gasteiger partial charge in [-0.05, 0) is 29.8 Å². The van der Waals surface area contributed by atoms with Gasteiger partial charge in [0.05, 0.1) is 30.5 Å². The van der Waals surface area contributed by atoms with Crippen molar-refractivity contribution in [2.24, 2.45) is 0 Å². The highest BCUT2D eigenvalue weighted by Gasteiger charge is 2.20. The Bertz CT molecular complexity index is 1030. The number of phenols is 1. The molecule has 31 heavy (non-hydrogen) atoms. The van der Waals surface area contributed by atoms with Gasteiger partial charge in [-0.1, -0.05) is 32.9 Å². The number of nitrogens with zero attached hydrogens (tertiary/aromatic N) is 1. The Balaban J connectivity index is 2.18. The lowest BCUT2D eigenvalue weighted by Crippen LogP contribution is -2.30. The standard InChI is InChI=1S/C23H28N4O4/c1-23(2,3)21-20(25-14-26-21)11-16(13-28)27-22(30)19(24-4)8-6-7-15-9-17(29)12-18(10-15)31-5/h6-14,24,29H,1-5H3,(H,25,26)(H,27,30)/b7-6+,16-11-,19-8-. The normalized spacial score (nSPS) is 12.7. The van der Waals surface area contributed by atoms with Crippen LogP contribution in [0.15, 0.2) is 48.1 Å². The van der Waals surface area contributed by atoms with E-state index in [1.54, 1.807) is 43.7 Å². The second-order valence-corrected chi connectivity index (χ2v) is 7.74. The summed E-state index contributed by atoms with van der Waals surface area (Å²) in [6.07, 6.45) is 8.57. The predicted molar refractivity (Wildman–Crippen MR) is 120 cm³/mol. The van der Waals surface area contributed by atoms with Crippen LogP contribution < -0.4 is 15.4 Å². The Hall–Kier alpha value is -3.81. The Morgan fingerprint density at radius 1 is 1.26 bits per heavy atom. The maximum Gasteiger partial charge on any atom is 0.271 e. The van der Waals surface area contributed by atoms with E-state index in [-0.39, 0.29) is 22.6 Å². The van der Waals surface area contributed by atoms with Gasteiger partial charge in [-0.25, -0.2) is 4.98 Å². The van der Waals surface area contributed by atoms with Crippen LogP contribution in [0.5, 0.6) is 11.5 Å². The number of carbonyl (C=O) groups is 2. The maximum atomic E-state index is 12.6. The molecule has 0 atom stereocenters. The molecule has 0 bridgehead atoms. The highest BCUT2D eigenvalue weighted by Crippen LogP contribution is 2.24. The Morgan fingerprint density at radius 3 is 2.61 bits per heavy atom. The van der Waals surface area contributed by atoms with Crippen molar-refractivity contribution in [1.29, 1.82) is 0 Å². The number of imidazole rings is 1. The summed E-state index contributed by atoms with van der Waals surface area (Å²) in [5, 5.41) is 15.1. The lowest BCUT2D eigenvalue weighted by atomic mass is 9.90. The van der Waals surface area contributed by atoms with E-state index < -0.39 is 5.91 Å². The van der Waals surface area contributed by atoms with Crippen molar-refractivity contribution in [1.82, 2.24) is 20.6 Å². The number of aromatic nitrogens is 2. The summed E-state index contributed by atoms with van der Waals surface area (Å²) in [6, 6.07) is 4.81. The quantitative estimate of drug-likeness (QED) is 0.294. The molecule has 164 valence electrons. The number of allylic oxidation sites excluding steroid dienone is 3. The second-order valence-electron chi connectivity index (χ2n) is 7.74. The third-order valence-corrected chi connectivity index (χ3v) is 4.31. The van der Waals surface area contributed by atoms with Gasteiger partial charge < -0.3 is 25.5 Å². The number of hydrogen-bond acceptors (Lipinski definition) is 6. The smallest absolute Gasteiger partial charge is 0.271 e. The molecule has 1 amide bonds. The molecule has 2 aromatic rings. The molecule has 0 unspecified atom stereocenters. The van der Waals surface area contributed by atoms with Gasteiger partial charge in [0.25, 0.3) is 5.91 Å². The van der Waals surface area contributed by atoms with Crippen LogP contribution in [-0.2, 0) is 15.0 Å². The zero-order chi connectivity index (χ0) is 23.0. The van der Waals surface area contributed by atoms with Gasteiger partial charge in [0.1, 0.15) is 11.5 Å². The van der Waals surface area contributed by atoms with Crippen LogP contribution in [0.4, 0.5) is 0 Å². The van der Waals surface area contributed by atoms with Crippen LogP contribution in [0.2, 0.25) is 0 Å². The SMILES string of the molecule is CN/C(=C\C=C\c1cc(O)cc(OC)c1)C(=O)N/C(C=O)=C\c1nc[nH]c1C(C)(C)C. The van der Waals surface area contributed by atoms with Crippen LogP contribution in [-0.4, -0.2) is 41.4 Å². The molecule has 1 aromatic heterocycles. The first-order chi connectivity index (χ1) is 14.7. The van der Waals surface area contributed by atoms with Crippen molar-refractivity contribution < 1.29 is 19.4 Å². The average molecular weight is 425 g/mol. The topological polar surface area (TPSA) is 116 Å². The molecule has 1 aromatic carbocycles. The fraction of sp³-hybridized carbons (Fsp3) is 0.261. The van der Waals surface area contributed by atoms with Crippen molar-refractivity contribution in [3.8, 4) is 11.5 Å². The number of phenolic OH excluding ortho intramolecular Hbond substituents is 1. The number of benzene rings is 1. The fourth-order valence-electron chi connectivity index (χ4n) is 2.81. The molecule has 8 nitrogen and oxygen atoms in total. The number of ether oxygens (including phenoxy) is 1. The van der Waals surface area contributed by atoms with E-state index >= 15 is 0 Å². The van der Waals surface area contributed by atoms with E-state index in [0.29, 0.717) is 23.3 Å². The third-order valence-electron chi connectivity index (χ3n) is 4.31. The maximum absolute atomic E-state index is 12.6. The summed E-state index contributed by atoms with van der Waals surface area (Å²) in [5.74, 6) is 0.110. The number of hydrogen-bond donors (Lipinski definition) is 4. The number of rotatable bonds is 8. The molecule has 8 heteroatoms. The van der Waals surface area contributed by atoms with Gasteiger partial charge in [0.2, 0.25) is 0 Å². The Kier molecular flexibility index (Phi) is 7.79. The molecule has 1 heterocycles. The fourth-order valence-corrected chi connectivity index (χ4v) is 2.81. The highest BCUT2D eigenvalue weighted by atomic mass is 16.5. The van der Waals surface area contributed by atoms with E-state index in [9.17, 15) is 14.7 Å². The Morgan fingerprint density at radius 2 is 2.00 bits per heavy atom. The predicted octanol–water partition coefficient (Wildman–Crippen LogP) is 2.89. The number of carbonyl (C=O) groups excluding carboxylic acids is 2. The zero-order valence-corrected chi connectivity index (χ0v) is 18.3. The van der Waals surface area contributed by atoms with Crippen LogP contribution in [0.3, 0.4) is 0 Å². The molecule has 0 radical (unpaired) electrons. The minimum absolute atomic E-state index is 0.0725. The van der Waals surface area contributed by atoms with E-state index in [0.717, 1.165) is 5.69 Å². The lowest BCUT2D eigenvalue weighted by molar-refractivity contribution is -0.118. The molecular weight excluding hydrogens is 396 g/mol. The lowest BCUT2D eigenvalue weighted by Gasteiger charge is -2.17. The van der Waals surface area contributed by atoms with Crippen molar-refractivity contribution in [2.75, 3.05) is 14.2 Å². The minimum atomic E-state index is -0.480. The monoisotopic (exact) mass is 424 g/mol. The molecule has 0 fully saturated rings. The number of aromatic hydroxyl groups is 1. The van der Waals surface area contributed by atoms with Crippen molar-refractivity contribution in [2.45, 2.75) is 26.2 Å². The molecule has 0 aliphatic carbocycles. The van der Waals surface area contributed by atoms with E-state index in [2.05, 4.69) is 20.6 Å². The first-order valence-electron chi connectivity index (χ1n) is 9.64. The summed E-state index contributed by atoms with van der Waals surface area (Å²) < 4.78 is 5.12. The summed E-state index contributed by atoms with van der Waals surface area (Å²) in [4.78, 5) is 31.4. The Labute approximate surface area is 181 Å². The van der Waals surface area contributed by atoms with Gasteiger partial charge in [0.15, 0.2) is 6.29 Å². The van der Waals surface area contributed by atoms with Gasteiger partial charge in [-0.2, -0.15) is 0 Å². The molecule has 0 spiro atoms. The average Bonchev–Trinajstić information content (AvgIpc) is 3.18. The molecule has 0 saturated heterocycles. The van der Waals surface area contributed by atoms with Gasteiger partial charge in [0, 0.05) is 24.2 Å². The summed E-state index contributed by atoms with van der Waals surface area (Å²) >= 11 is 0. The van der Waals surface area contributed by atoms with E-state index in [4.69, 9.17) is 4.74 Å². The third kappa shape index (κ3) is 6.60. The molecule has 0 saturated carbocycles. The van der Waals surface area contributed by atoms with Crippen molar-refractivity contribution in [3.63, 3.8) is 0 Å².